The summed E-state index contributed by atoms with van der Waals surface area (Å²) >= 11 is 12.2. The van der Waals surface area contributed by atoms with E-state index in [1.54, 1.807) is 83.3 Å². The second-order valence-corrected chi connectivity index (χ2v) is 56.4. The van der Waals surface area contributed by atoms with E-state index in [9.17, 15) is 46.9 Å². The van der Waals surface area contributed by atoms with Crippen LogP contribution in [0.4, 0.5) is 17.5 Å². The van der Waals surface area contributed by atoms with Crippen molar-refractivity contribution in [3.8, 4) is 5.75 Å². The van der Waals surface area contributed by atoms with Crippen LogP contribution in [0, 0.1) is 59.2 Å². The molecule has 8 fully saturated rings. The lowest BCUT2D eigenvalue weighted by Crippen LogP contribution is -2.48. The van der Waals surface area contributed by atoms with Crippen LogP contribution >= 0.6 is 23.2 Å². The Labute approximate surface area is 820 Å². The summed E-state index contributed by atoms with van der Waals surface area (Å²) < 4.78 is 138. The van der Waals surface area contributed by atoms with E-state index < -0.39 is 49.2 Å². The minimum atomic E-state index is -2.92. The lowest BCUT2D eigenvalue weighted by molar-refractivity contribution is -0.129. The van der Waals surface area contributed by atoms with Gasteiger partial charge in [-0.05, 0) is 355 Å². The van der Waals surface area contributed by atoms with Crippen molar-refractivity contribution in [1.29, 1.82) is 0 Å². The SMILES string of the molecule is CC(=O)N1CCN(c2ccc(CCC3CCC(CS(=O)(=O)C(C)C)CC3)cn2)CC1.CC(C)S(=O)(=O)CC1CCC(CCc2ccc(N3C[C@@H](C)O[C@@H](C)C3)nc2)CC1.CC(C)S(=O)(=O)CC1CCC(CCc2ccc(N3C[C@@H](C)O[C@H](C)C3)nc2)CC1.CC(C)S(=O)(=O)CC1CCC(CCc2cccc(Cl)c2)CC1.COc1ccc(CCC2CCC(CS(=O)(=O)C(C)C)CC2)cc1Cl. The zero-order valence-electron chi connectivity index (χ0n) is 84.3. The van der Waals surface area contributed by atoms with Gasteiger partial charge in [0.25, 0.3) is 0 Å². The fourth-order valence-electron chi connectivity index (χ4n) is 20.7. The van der Waals surface area contributed by atoms with Crippen molar-refractivity contribution >= 4 is 95.7 Å². The van der Waals surface area contributed by atoms with Crippen molar-refractivity contribution in [1.82, 2.24) is 19.9 Å². The van der Waals surface area contributed by atoms with Gasteiger partial charge in [0.05, 0.1) is 91.6 Å². The number of carbonyl (C=O) groups is 1. The molecule has 4 atom stereocenters. The molecule has 3 aromatic heterocycles. The Balaban J connectivity index is 0.000000189. The zero-order valence-corrected chi connectivity index (χ0v) is 89.9. The Morgan fingerprint density at radius 1 is 0.351 bits per heavy atom. The Hall–Kier alpha value is -5.19. The highest BCUT2D eigenvalue weighted by Crippen LogP contribution is 2.40. The first-order chi connectivity index (χ1) is 63.4. The van der Waals surface area contributed by atoms with E-state index in [1.165, 1.54) is 59.9 Å². The van der Waals surface area contributed by atoms with Gasteiger partial charge in [0.2, 0.25) is 5.91 Å². The molecule has 3 saturated heterocycles. The van der Waals surface area contributed by atoms with Gasteiger partial charge in [-0.2, -0.15) is 0 Å². The highest BCUT2D eigenvalue weighted by atomic mass is 35.5. The first kappa shape index (κ1) is 112. The van der Waals surface area contributed by atoms with Gasteiger partial charge >= 0.3 is 0 Å². The molecule has 1 amide bonds. The number of pyridine rings is 3. The second kappa shape index (κ2) is 54.2. The quantitative estimate of drug-likeness (QED) is 0.0370. The molecule has 5 aromatic rings. The molecule has 21 nitrogen and oxygen atoms in total. The third kappa shape index (κ3) is 38.0. The molecule has 28 heteroatoms. The van der Waals surface area contributed by atoms with Crippen LogP contribution < -0.4 is 19.4 Å². The van der Waals surface area contributed by atoms with E-state index in [2.05, 4.69) is 95.9 Å². The number of anilines is 3. The van der Waals surface area contributed by atoms with Crippen molar-refractivity contribution in [2.45, 2.75) is 347 Å². The third-order valence-electron chi connectivity index (χ3n) is 30.0. The van der Waals surface area contributed by atoms with Gasteiger partial charge in [0.1, 0.15) is 23.2 Å². The van der Waals surface area contributed by atoms with Crippen molar-refractivity contribution < 1.29 is 61.1 Å². The van der Waals surface area contributed by atoms with E-state index >= 15 is 0 Å². The number of rotatable bonds is 34. The van der Waals surface area contributed by atoms with Crippen LogP contribution in [0.5, 0.6) is 5.75 Å². The van der Waals surface area contributed by atoms with Gasteiger partial charge in [-0.3, -0.25) is 4.79 Å². The maximum absolute atomic E-state index is 12.2. The minimum absolute atomic E-state index is 0.147. The van der Waals surface area contributed by atoms with Crippen molar-refractivity contribution in [2.24, 2.45) is 59.2 Å². The Kier molecular flexibility index (Phi) is 45.4. The number of methoxy groups -OCH3 is 1. The van der Waals surface area contributed by atoms with Gasteiger partial charge in [-0.25, -0.2) is 57.0 Å². The molecule has 0 spiro atoms. The highest BCUT2D eigenvalue weighted by Gasteiger charge is 2.35. The zero-order chi connectivity index (χ0) is 97.7. The lowest BCUT2D eigenvalue weighted by atomic mass is 9.80. The summed E-state index contributed by atoms with van der Waals surface area (Å²) in [6.45, 7) is 34.7. The summed E-state index contributed by atoms with van der Waals surface area (Å²) in [4.78, 5) is 34.3. The van der Waals surface area contributed by atoms with Crippen LogP contribution in [-0.4, -0.2) is 207 Å². The lowest BCUT2D eigenvalue weighted by Gasteiger charge is -2.36. The number of nitrogens with zero attached hydrogens (tertiary/aromatic N) is 7. The van der Waals surface area contributed by atoms with E-state index in [4.69, 9.17) is 47.4 Å². The Morgan fingerprint density at radius 2 is 0.604 bits per heavy atom. The van der Waals surface area contributed by atoms with E-state index in [0.29, 0.717) is 92.8 Å². The number of sulfone groups is 5. The van der Waals surface area contributed by atoms with Gasteiger partial charge in [0.15, 0.2) is 49.2 Å². The van der Waals surface area contributed by atoms with Crippen LogP contribution in [0.3, 0.4) is 0 Å². The van der Waals surface area contributed by atoms with Gasteiger partial charge in [-0.15, -0.1) is 0 Å². The third-order valence-corrected chi connectivity index (χ3v) is 42.4. The number of piperazine rings is 1. The number of aryl methyl sites for hydroxylation is 5. The number of hydrogen-bond acceptors (Lipinski definition) is 20. The predicted octanol–water partition coefficient (Wildman–Crippen LogP) is 21.6. The van der Waals surface area contributed by atoms with Crippen LogP contribution in [0.1, 0.15) is 292 Å². The summed E-state index contributed by atoms with van der Waals surface area (Å²) in [5, 5.41) is 0.212. The smallest absolute Gasteiger partial charge is 0.219 e. The molecule has 0 N–H and O–H groups in total. The summed E-state index contributed by atoms with van der Waals surface area (Å²) in [5.41, 5.74) is 6.41. The van der Waals surface area contributed by atoms with Crippen molar-refractivity contribution in [3.63, 3.8) is 0 Å². The maximum atomic E-state index is 12.2. The Morgan fingerprint density at radius 3 is 0.843 bits per heavy atom. The number of amides is 1. The average molecular weight is 2000 g/mol. The van der Waals surface area contributed by atoms with Crippen LogP contribution in [0.2, 0.25) is 10.0 Å². The molecule has 13 rings (SSSR count). The summed E-state index contributed by atoms with van der Waals surface area (Å²) in [6, 6.07) is 27.1. The first-order valence-corrected chi connectivity index (χ1v) is 60.5. The molecule has 0 unspecified atom stereocenters. The number of benzene rings is 2. The largest absolute Gasteiger partial charge is 0.495 e. The number of morpholine rings is 2. The fourth-order valence-corrected chi connectivity index (χ4v) is 28.1. The predicted molar refractivity (Wildman–Crippen MR) is 555 cm³/mol. The van der Waals surface area contributed by atoms with E-state index in [1.807, 2.05) is 53.8 Å². The fraction of sp³-hybridized carbons (Fsp3) is 0.736. The standard InChI is InChI=1S/C23H37N3O3S.2C23H38N2O3S.C19H29ClO3S.C18H27ClO2S/c1-18(2)30(28,29)17-22-8-5-20(6-9-22)4-7-21-10-11-23(24-16-21)26-14-12-25(13-15-26)19(3)27;2*1-17(2)29(26,27)16-22-9-6-20(7-10-22)5-8-21-11-12-23(24-13-21)25-14-18(3)28-19(4)15-25;1-14(2)24(21,22)13-17-8-5-15(6-9-17)4-7-16-10-11-19(23-3)18(20)12-16;1-14(2)22(20,21)13-17-10-7-15(8-11-17)6-9-16-4-3-5-18(19)12-16/h10-11,16,18,20,22H,4-9,12-15,17H2,1-3H3;2*11-13,17-20,22H,5-10,14-16H2,1-4H3;10-12,14-15,17H,4-9,13H2,1-3H3;3-5,12,14-15,17H,6-11,13H2,1-2H3/t;18-,19+,20?,22?;18-,19-,20?,22?;;/m..1../s1. The van der Waals surface area contributed by atoms with Crippen LogP contribution in [0.15, 0.2) is 97.5 Å². The normalized spacial score (nSPS) is 25.2. The molecule has 756 valence electrons. The van der Waals surface area contributed by atoms with E-state index in [-0.39, 0.29) is 56.6 Å². The molecule has 0 bridgehead atoms. The van der Waals surface area contributed by atoms with E-state index in [0.717, 1.165) is 241 Å². The monoisotopic (exact) mass is 1990 g/mol. The van der Waals surface area contributed by atoms with Crippen LogP contribution in [-0.2, 0) is 95.6 Å². The highest BCUT2D eigenvalue weighted by molar-refractivity contribution is 7.93. The second-order valence-electron chi connectivity index (χ2n) is 42.5. The number of carbonyl (C=O) groups excluding carboxylic acids is 1. The van der Waals surface area contributed by atoms with Crippen LogP contribution in [0.25, 0.3) is 0 Å². The topological polar surface area (TPSA) is 267 Å². The minimum Gasteiger partial charge on any atom is -0.495 e. The number of ether oxygens (including phenoxy) is 3. The molecule has 6 heterocycles. The molecular weight excluding hydrogens is 1830 g/mol. The summed E-state index contributed by atoms with van der Waals surface area (Å²) in [7, 11) is -12.9. The molecule has 5 aliphatic carbocycles. The molecule has 2 aromatic carbocycles. The van der Waals surface area contributed by atoms with Gasteiger partial charge in [0, 0.05) is 82.9 Å². The average Bonchev–Trinajstić information content (AvgIpc) is 0.818. The molecular formula is C106H169Cl2N7O14S5. The van der Waals surface area contributed by atoms with Crippen molar-refractivity contribution in [3.05, 3.63) is 135 Å². The van der Waals surface area contributed by atoms with Crippen molar-refractivity contribution in [2.75, 3.05) is 103 Å². The molecule has 5 saturated carbocycles. The molecule has 8 aliphatic rings. The summed E-state index contributed by atoms with van der Waals surface area (Å²) in [5.74, 6) is 11.2. The summed E-state index contributed by atoms with van der Waals surface area (Å²) in [6.07, 6.45) is 40.1. The Bertz CT molecular complexity index is 4760. The molecule has 0 radical (unpaired) electrons. The number of aromatic nitrogens is 3. The van der Waals surface area contributed by atoms with Gasteiger partial charge in [-0.1, -0.05) is 124 Å². The molecule has 3 aliphatic heterocycles. The van der Waals surface area contributed by atoms with Gasteiger partial charge < -0.3 is 33.8 Å². The number of halogens is 2. The first-order valence-electron chi connectivity index (χ1n) is 51.2. The molecule has 134 heavy (non-hydrogen) atoms. The number of hydrogen-bond donors (Lipinski definition) is 0. The maximum Gasteiger partial charge on any atom is 0.219 e.